The van der Waals surface area contributed by atoms with E-state index in [1.807, 2.05) is 0 Å². The molecule has 9 nitrogen and oxygen atoms in total. The average Bonchev–Trinajstić information content (AvgIpc) is 3.36. The second-order valence-electron chi connectivity index (χ2n) is 20.4. The number of hydrogen-bond donors (Lipinski definition) is 0. The van der Waals surface area contributed by atoms with Crippen LogP contribution in [0.1, 0.15) is 329 Å². The Balaban J connectivity index is 4.30. The monoisotopic (exact) mass is 991 g/mol. The summed E-state index contributed by atoms with van der Waals surface area (Å²) in [5.74, 6) is -1.42. The van der Waals surface area contributed by atoms with Gasteiger partial charge in [-0.25, -0.2) is 14.4 Å². The lowest BCUT2D eigenvalue weighted by Crippen LogP contribution is -2.28. The van der Waals surface area contributed by atoms with Gasteiger partial charge in [0.1, 0.15) is 13.2 Å². The van der Waals surface area contributed by atoms with Crippen molar-refractivity contribution in [2.24, 2.45) is 0 Å². The van der Waals surface area contributed by atoms with Crippen LogP contribution in [0.15, 0.2) is 24.3 Å². The van der Waals surface area contributed by atoms with Crippen molar-refractivity contribution in [3.63, 3.8) is 0 Å². The summed E-state index contributed by atoms with van der Waals surface area (Å²) < 4.78 is 0. The predicted molar refractivity (Wildman–Crippen MR) is 292 cm³/mol. The molecule has 0 fully saturated rings. The van der Waals surface area contributed by atoms with Gasteiger partial charge in [0.15, 0.2) is 6.10 Å². The van der Waals surface area contributed by atoms with Crippen LogP contribution in [0.4, 0.5) is 0 Å². The quantitative estimate of drug-likeness (QED) is 0.0255. The fourth-order valence-corrected chi connectivity index (χ4v) is 8.73. The third-order valence-electron chi connectivity index (χ3n) is 13.4. The van der Waals surface area contributed by atoms with Gasteiger partial charge in [0, 0.05) is 19.3 Å². The highest BCUT2D eigenvalue weighted by Crippen LogP contribution is 2.17. The molecule has 412 valence electrons. The molecular formula is C61H114O9. The maximum atomic E-state index is 12.5. The standard InChI is InChI=1S/C61H114O9/c1-4-7-10-13-16-19-22-25-28-29-30-31-34-37-39-42-45-48-51-54-60(63)69-66-57-58(67-70-61(64)55-52-49-46-43-40-36-33-27-24-21-18-15-12-9-6-3)56-65-68-59(62)53-50-47-44-41-38-35-32-26-23-20-17-14-11-8-5-2/h26-27,32-33,58H,4-25,28-31,34-57H2,1-3H3/b32-26-,33-27-. The van der Waals surface area contributed by atoms with Crippen molar-refractivity contribution in [1.29, 1.82) is 0 Å². The molecule has 0 aromatic rings. The molecule has 0 amide bonds. The predicted octanol–water partition coefficient (Wildman–Crippen LogP) is 19.7. The molecule has 1 atom stereocenters. The summed E-state index contributed by atoms with van der Waals surface area (Å²) in [6, 6.07) is 0. The van der Waals surface area contributed by atoms with Gasteiger partial charge in [-0.15, -0.1) is 0 Å². The number of hydrogen-bond acceptors (Lipinski definition) is 9. The molecule has 0 spiro atoms. The van der Waals surface area contributed by atoms with Gasteiger partial charge in [0.05, 0.1) is 0 Å². The Labute approximate surface area is 432 Å². The topological polar surface area (TPSA) is 107 Å². The first-order chi connectivity index (χ1) is 34.5. The van der Waals surface area contributed by atoms with Gasteiger partial charge in [-0.05, 0) is 70.6 Å². The lowest BCUT2D eigenvalue weighted by molar-refractivity contribution is -0.362. The van der Waals surface area contributed by atoms with Gasteiger partial charge < -0.3 is 0 Å². The smallest absolute Gasteiger partial charge is 0.298 e. The lowest BCUT2D eigenvalue weighted by Gasteiger charge is -2.15. The zero-order valence-corrected chi connectivity index (χ0v) is 46.4. The van der Waals surface area contributed by atoms with Crippen LogP contribution in [0.2, 0.25) is 0 Å². The zero-order chi connectivity index (χ0) is 50.7. The maximum absolute atomic E-state index is 12.5. The SMILES string of the molecule is CCCCCCCC/C=C\CCCCCCCC(=O)OOCC(COOC(=O)CCCCCCCCCCCCCCCCCCCCC)OOC(=O)CCCCCCC/C=C\CCCCCCCC. The highest BCUT2D eigenvalue weighted by atomic mass is 17.2. The fraction of sp³-hybridized carbons (Fsp3) is 0.885. The van der Waals surface area contributed by atoms with E-state index in [-0.39, 0.29) is 32.5 Å². The summed E-state index contributed by atoms with van der Waals surface area (Å²) >= 11 is 0. The van der Waals surface area contributed by atoms with Crippen LogP contribution in [0.5, 0.6) is 0 Å². The second kappa shape index (κ2) is 59.3. The molecule has 0 radical (unpaired) electrons. The lowest BCUT2D eigenvalue weighted by atomic mass is 10.0. The molecule has 0 aromatic heterocycles. The highest BCUT2D eigenvalue weighted by molar-refractivity contribution is 5.69. The molecule has 1 unspecified atom stereocenters. The van der Waals surface area contributed by atoms with Crippen molar-refractivity contribution < 1.29 is 43.7 Å². The van der Waals surface area contributed by atoms with Crippen LogP contribution in [-0.4, -0.2) is 37.2 Å². The molecule has 0 N–H and O–H groups in total. The minimum atomic E-state index is -0.964. The van der Waals surface area contributed by atoms with Crippen LogP contribution in [0, 0.1) is 0 Å². The van der Waals surface area contributed by atoms with Crippen LogP contribution in [0.3, 0.4) is 0 Å². The van der Waals surface area contributed by atoms with E-state index in [9.17, 15) is 14.4 Å². The Kier molecular flexibility index (Phi) is 57.4. The minimum Gasteiger partial charge on any atom is -0.298 e. The van der Waals surface area contributed by atoms with E-state index in [0.717, 1.165) is 83.5 Å². The Morgan fingerprint density at radius 3 is 0.757 bits per heavy atom. The highest BCUT2D eigenvalue weighted by Gasteiger charge is 2.19. The Morgan fingerprint density at radius 1 is 0.286 bits per heavy atom. The van der Waals surface area contributed by atoms with Gasteiger partial charge >= 0.3 is 17.9 Å². The van der Waals surface area contributed by atoms with E-state index in [4.69, 9.17) is 29.3 Å². The van der Waals surface area contributed by atoms with Gasteiger partial charge in [0.25, 0.3) is 0 Å². The Morgan fingerprint density at radius 2 is 0.500 bits per heavy atom. The van der Waals surface area contributed by atoms with E-state index >= 15 is 0 Å². The summed E-state index contributed by atoms with van der Waals surface area (Å²) in [5.41, 5.74) is 0. The van der Waals surface area contributed by atoms with Crippen molar-refractivity contribution in [3.8, 4) is 0 Å². The third kappa shape index (κ3) is 56.7. The molecule has 70 heavy (non-hydrogen) atoms. The summed E-state index contributed by atoms with van der Waals surface area (Å²) in [4.78, 5) is 68.1. The van der Waals surface area contributed by atoms with Crippen molar-refractivity contribution >= 4 is 17.9 Å². The first kappa shape index (κ1) is 67.8. The number of unbranched alkanes of at least 4 members (excludes halogenated alkanes) is 40. The van der Waals surface area contributed by atoms with E-state index in [2.05, 4.69) is 45.1 Å². The molecule has 0 aromatic carbocycles. The van der Waals surface area contributed by atoms with Crippen LogP contribution >= 0.6 is 0 Å². The molecule has 0 rings (SSSR count). The molecule has 9 heteroatoms. The summed E-state index contributed by atoms with van der Waals surface area (Å²) in [6.45, 7) is 6.29. The summed E-state index contributed by atoms with van der Waals surface area (Å²) in [7, 11) is 0. The van der Waals surface area contributed by atoms with E-state index in [0.29, 0.717) is 6.42 Å². The summed E-state index contributed by atoms with van der Waals surface area (Å²) in [5, 5.41) is 0. The number of carbonyl (C=O) groups excluding carboxylic acids is 3. The first-order valence-corrected chi connectivity index (χ1v) is 30.3. The molecule has 0 aliphatic heterocycles. The Hall–Kier alpha value is -2.23. The number of carbonyl (C=O) groups is 3. The molecule has 0 aliphatic rings. The second-order valence-corrected chi connectivity index (χ2v) is 20.4. The van der Waals surface area contributed by atoms with Crippen molar-refractivity contribution in [2.45, 2.75) is 335 Å². The van der Waals surface area contributed by atoms with Gasteiger partial charge in [-0.3, -0.25) is 14.7 Å². The molecule has 0 saturated carbocycles. The van der Waals surface area contributed by atoms with Crippen LogP contribution < -0.4 is 0 Å². The van der Waals surface area contributed by atoms with Crippen LogP contribution in [-0.2, 0) is 43.7 Å². The van der Waals surface area contributed by atoms with Gasteiger partial charge in [-0.2, -0.15) is 14.7 Å². The Bertz CT molecular complexity index is 1140. The molecular weight excluding hydrogens is 877 g/mol. The van der Waals surface area contributed by atoms with E-state index in [1.165, 1.54) is 199 Å². The molecule has 0 saturated heterocycles. The number of rotatable bonds is 58. The van der Waals surface area contributed by atoms with E-state index < -0.39 is 24.0 Å². The zero-order valence-electron chi connectivity index (χ0n) is 46.4. The van der Waals surface area contributed by atoms with Crippen molar-refractivity contribution in [2.75, 3.05) is 13.2 Å². The van der Waals surface area contributed by atoms with Crippen molar-refractivity contribution in [1.82, 2.24) is 0 Å². The fourth-order valence-electron chi connectivity index (χ4n) is 8.73. The summed E-state index contributed by atoms with van der Waals surface area (Å²) in [6.07, 6.45) is 64.4. The maximum Gasteiger partial charge on any atom is 0.342 e. The van der Waals surface area contributed by atoms with Gasteiger partial charge in [0.2, 0.25) is 0 Å². The largest absolute Gasteiger partial charge is 0.342 e. The number of allylic oxidation sites excluding steroid dienone is 4. The third-order valence-corrected chi connectivity index (χ3v) is 13.4. The molecule has 0 aliphatic carbocycles. The normalized spacial score (nSPS) is 12.1. The molecule has 0 heterocycles. The average molecular weight is 992 g/mol. The van der Waals surface area contributed by atoms with Crippen LogP contribution in [0.25, 0.3) is 0 Å². The minimum absolute atomic E-state index is 0.228. The van der Waals surface area contributed by atoms with Crippen molar-refractivity contribution in [3.05, 3.63) is 24.3 Å². The van der Waals surface area contributed by atoms with E-state index in [1.54, 1.807) is 0 Å². The first-order valence-electron chi connectivity index (χ1n) is 30.3. The molecule has 0 bridgehead atoms. The van der Waals surface area contributed by atoms with Gasteiger partial charge in [-0.1, -0.05) is 263 Å².